The molecule has 0 saturated carbocycles. The highest BCUT2D eigenvalue weighted by Gasteiger charge is 2.00. The number of aryl methyl sites for hydroxylation is 1. The lowest BCUT2D eigenvalue weighted by molar-refractivity contribution is 0.687. The molecule has 21 heavy (non-hydrogen) atoms. The zero-order valence-electron chi connectivity index (χ0n) is 12.0. The molecule has 2 heterocycles. The van der Waals surface area contributed by atoms with Crippen LogP contribution in [0.25, 0.3) is 0 Å². The molecular weight excluding hydrogens is 260 g/mol. The van der Waals surface area contributed by atoms with Crippen molar-refractivity contribution in [2.45, 2.75) is 20.0 Å². The Bertz CT molecular complexity index is 686. The molecule has 0 spiro atoms. The van der Waals surface area contributed by atoms with Gasteiger partial charge in [-0.2, -0.15) is 5.10 Å². The van der Waals surface area contributed by atoms with Crippen LogP contribution >= 0.6 is 0 Å². The minimum absolute atomic E-state index is 0.706. The predicted octanol–water partition coefficient (Wildman–Crippen LogP) is 3.25. The fourth-order valence-corrected chi connectivity index (χ4v) is 2.11. The van der Waals surface area contributed by atoms with Crippen molar-refractivity contribution in [2.75, 3.05) is 5.32 Å². The van der Waals surface area contributed by atoms with Gasteiger partial charge in [0.1, 0.15) is 0 Å². The molecule has 2 aromatic heterocycles. The molecule has 1 N–H and O–H groups in total. The molecule has 0 saturated heterocycles. The Morgan fingerprint density at radius 1 is 1.05 bits per heavy atom. The summed E-state index contributed by atoms with van der Waals surface area (Å²) in [7, 11) is 0. The summed E-state index contributed by atoms with van der Waals surface area (Å²) in [6.45, 7) is 3.53. The van der Waals surface area contributed by atoms with Crippen LogP contribution in [0.3, 0.4) is 0 Å². The van der Waals surface area contributed by atoms with Gasteiger partial charge < -0.3 is 5.32 Å². The van der Waals surface area contributed by atoms with Gasteiger partial charge in [0, 0.05) is 12.4 Å². The van der Waals surface area contributed by atoms with Gasteiger partial charge in [-0.25, -0.2) is 0 Å². The van der Waals surface area contributed by atoms with E-state index in [0.717, 1.165) is 17.9 Å². The second kappa shape index (κ2) is 6.22. The molecule has 0 unspecified atom stereocenters. The third-order valence-electron chi connectivity index (χ3n) is 3.27. The number of nitrogens with zero attached hydrogens (tertiary/aromatic N) is 3. The Labute approximate surface area is 124 Å². The predicted molar refractivity (Wildman–Crippen MR) is 84.1 cm³/mol. The molecule has 106 valence electrons. The van der Waals surface area contributed by atoms with E-state index in [4.69, 9.17) is 0 Å². The lowest BCUT2D eigenvalue weighted by atomic mass is 10.2. The van der Waals surface area contributed by atoms with Crippen molar-refractivity contribution in [1.29, 1.82) is 0 Å². The molecule has 1 aromatic carbocycles. The van der Waals surface area contributed by atoms with Crippen LogP contribution in [0.15, 0.2) is 61.1 Å². The Morgan fingerprint density at radius 2 is 1.90 bits per heavy atom. The van der Waals surface area contributed by atoms with Crippen LogP contribution in [-0.2, 0) is 13.1 Å². The quantitative estimate of drug-likeness (QED) is 0.779. The van der Waals surface area contributed by atoms with Crippen LogP contribution in [0.5, 0.6) is 0 Å². The number of pyridine rings is 1. The molecular formula is C17H18N4. The van der Waals surface area contributed by atoms with E-state index in [9.17, 15) is 0 Å². The van der Waals surface area contributed by atoms with Crippen molar-refractivity contribution in [3.63, 3.8) is 0 Å². The molecule has 0 amide bonds. The maximum atomic E-state index is 4.38. The number of anilines is 1. The van der Waals surface area contributed by atoms with E-state index in [1.165, 1.54) is 11.1 Å². The van der Waals surface area contributed by atoms with E-state index in [0.29, 0.717) is 6.54 Å². The summed E-state index contributed by atoms with van der Waals surface area (Å²) in [5.74, 6) is 0. The molecule has 0 bridgehead atoms. The number of benzene rings is 1. The lowest BCUT2D eigenvalue weighted by Crippen LogP contribution is -2.01. The minimum atomic E-state index is 0.706. The molecule has 3 rings (SSSR count). The molecule has 4 heteroatoms. The summed E-state index contributed by atoms with van der Waals surface area (Å²) >= 11 is 0. The van der Waals surface area contributed by atoms with Gasteiger partial charge in [-0.15, -0.1) is 0 Å². The Kier molecular flexibility index (Phi) is 3.96. The van der Waals surface area contributed by atoms with Crippen LogP contribution in [0.4, 0.5) is 5.69 Å². The Balaban J connectivity index is 1.59. The van der Waals surface area contributed by atoms with Crippen molar-refractivity contribution >= 4 is 5.69 Å². The van der Waals surface area contributed by atoms with Crippen LogP contribution in [-0.4, -0.2) is 14.8 Å². The topological polar surface area (TPSA) is 42.7 Å². The maximum Gasteiger partial charge on any atom is 0.0729 e. The first kappa shape index (κ1) is 13.4. The number of aromatic nitrogens is 3. The van der Waals surface area contributed by atoms with Crippen molar-refractivity contribution < 1.29 is 0 Å². The van der Waals surface area contributed by atoms with Gasteiger partial charge in [-0.05, 0) is 24.1 Å². The summed E-state index contributed by atoms with van der Waals surface area (Å²) < 4.78 is 1.93. The zero-order valence-corrected chi connectivity index (χ0v) is 12.0. The first-order valence-electron chi connectivity index (χ1n) is 7.01. The van der Waals surface area contributed by atoms with Crippen molar-refractivity contribution in [1.82, 2.24) is 14.8 Å². The van der Waals surface area contributed by atoms with Crippen LogP contribution < -0.4 is 5.32 Å². The summed E-state index contributed by atoms with van der Waals surface area (Å²) in [6.07, 6.45) is 5.74. The molecule has 0 aliphatic carbocycles. The SMILES string of the molecule is Cc1ccc(CNc2cnn(Cc3ccccc3)c2)nc1. The van der Waals surface area contributed by atoms with Crippen LogP contribution in [0.2, 0.25) is 0 Å². The molecule has 0 atom stereocenters. The van der Waals surface area contributed by atoms with Gasteiger partial charge in [-0.3, -0.25) is 9.67 Å². The number of hydrogen-bond acceptors (Lipinski definition) is 3. The third kappa shape index (κ3) is 3.69. The van der Waals surface area contributed by atoms with Gasteiger partial charge in [0.15, 0.2) is 0 Å². The second-order valence-corrected chi connectivity index (χ2v) is 5.09. The highest BCUT2D eigenvalue weighted by molar-refractivity contribution is 5.38. The smallest absolute Gasteiger partial charge is 0.0729 e. The zero-order chi connectivity index (χ0) is 14.5. The van der Waals surface area contributed by atoms with Gasteiger partial charge in [0.2, 0.25) is 0 Å². The fourth-order valence-electron chi connectivity index (χ4n) is 2.11. The van der Waals surface area contributed by atoms with E-state index in [2.05, 4.69) is 33.6 Å². The molecule has 0 aliphatic rings. The minimum Gasteiger partial charge on any atom is -0.377 e. The Hall–Kier alpha value is -2.62. The average Bonchev–Trinajstić information content (AvgIpc) is 2.95. The second-order valence-electron chi connectivity index (χ2n) is 5.09. The third-order valence-corrected chi connectivity index (χ3v) is 3.27. The lowest BCUT2D eigenvalue weighted by Gasteiger charge is -2.03. The van der Waals surface area contributed by atoms with Crippen molar-refractivity contribution in [3.05, 3.63) is 77.9 Å². The fraction of sp³-hybridized carbons (Fsp3) is 0.176. The number of hydrogen-bond donors (Lipinski definition) is 1. The van der Waals surface area contributed by atoms with E-state index in [-0.39, 0.29) is 0 Å². The van der Waals surface area contributed by atoms with Crippen LogP contribution in [0, 0.1) is 6.92 Å². The number of nitrogens with one attached hydrogen (secondary N) is 1. The summed E-state index contributed by atoms with van der Waals surface area (Å²) in [6, 6.07) is 14.4. The van der Waals surface area contributed by atoms with E-state index < -0.39 is 0 Å². The highest BCUT2D eigenvalue weighted by atomic mass is 15.3. The first-order chi connectivity index (χ1) is 10.3. The largest absolute Gasteiger partial charge is 0.377 e. The van der Waals surface area contributed by atoms with E-state index in [1.54, 1.807) is 0 Å². The summed E-state index contributed by atoms with van der Waals surface area (Å²) in [5.41, 5.74) is 4.45. The van der Waals surface area contributed by atoms with E-state index in [1.807, 2.05) is 54.5 Å². The highest BCUT2D eigenvalue weighted by Crippen LogP contribution is 2.09. The first-order valence-corrected chi connectivity index (χ1v) is 7.01. The standard InChI is InChI=1S/C17H18N4/c1-14-7-8-16(18-9-14)10-19-17-11-20-21(13-17)12-15-5-3-2-4-6-15/h2-9,11,13,19H,10,12H2,1H3. The van der Waals surface area contributed by atoms with E-state index >= 15 is 0 Å². The number of rotatable bonds is 5. The van der Waals surface area contributed by atoms with Gasteiger partial charge in [0.25, 0.3) is 0 Å². The van der Waals surface area contributed by atoms with Gasteiger partial charge in [-0.1, -0.05) is 36.4 Å². The summed E-state index contributed by atoms with van der Waals surface area (Å²) in [4.78, 5) is 4.38. The summed E-state index contributed by atoms with van der Waals surface area (Å²) in [5, 5.41) is 7.71. The normalized spacial score (nSPS) is 10.5. The molecule has 4 nitrogen and oxygen atoms in total. The monoisotopic (exact) mass is 278 g/mol. The maximum absolute atomic E-state index is 4.38. The van der Waals surface area contributed by atoms with Crippen molar-refractivity contribution in [2.24, 2.45) is 0 Å². The molecule has 0 radical (unpaired) electrons. The molecule has 3 aromatic rings. The van der Waals surface area contributed by atoms with Crippen LogP contribution in [0.1, 0.15) is 16.8 Å². The average molecular weight is 278 g/mol. The van der Waals surface area contributed by atoms with Crippen molar-refractivity contribution in [3.8, 4) is 0 Å². The molecule has 0 aliphatic heterocycles. The van der Waals surface area contributed by atoms with Gasteiger partial charge in [0.05, 0.1) is 30.7 Å². The van der Waals surface area contributed by atoms with Gasteiger partial charge >= 0.3 is 0 Å². The Morgan fingerprint density at radius 3 is 2.67 bits per heavy atom. The molecule has 0 fully saturated rings.